The van der Waals surface area contributed by atoms with Gasteiger partial charge in [0.15, 0.2) is 0 Å². The molecule has 0 aromatic heterocycles. The van der Waals surface area contributed by atoms with Crippen LogP contribution in [0.1, 0.15) is 25.5 Å². The van der Waals surface area contributed by atoms with Gasteiger partial charge >= 0.3 is 6.43 Å². The summed E-state index contributed by atoms with van der Waals surface area (Å²) in [7, 11) is 0. The van der Waals surface area contributed by atoms with Gasteiger partial charge in [0, 0.05) is 6.54 Å². The number of carbonyl (C=O) groups is 1. The molecule has 0 aliphatic carbocycles. The Morgan fingerprint density at radius 1 is 1.29 bits per heavy atom. The van der Waals surface area contributed by atoms with Gasteiger partial charge < -0.3 is 4.90 Å². The smallest absolute Gasteiger partial charge is 0.315 e. The molecule has 1 aromatic carbocycles. The van der Waals surface area contributed by atoms with Crippen LogP contribution in [0.25, 0.3) is 0 Å². The van der Waals surface area contributed by atoms with Crippen molar-refractivity contribution in [3.05, 3.63) is 35.6 Å². The maximum Gasteiger partial charge on any atom is 0.315 e. The van der Waals surface area contributed by atoms with E-state index >= 15 is 0 Å². The van der Waals surface area contributed by atoms with Crippen molar-refractivity contribution >= 4 is 5.91 Å². The second-order valence-corrected chi connectivity index (χ2v) is 3.65. The molecule has 0 fully saturated rings. The first kappa shape index (κ1) is 13.5. The van der Waals surface area contributed by atoms with Gasteiger partial charge in [-0.2, -0.15) is 8.78 Å². The molecule has 1 rings (SSSR count). The van der Waals surface area contributed by atoms with Crippen LogP contribution in [-0.2, 0) is 4.79 Å². The zero-order chi connectivity index (χ0) is 13.0. The maximum atomic E-state index is 12.7. The lowest BCUT2D eigenvalue weighted by molar-refractivity contribution is -0.144. The Morgan fingerprint density at radius 2 is 1.82 bits per heavy atom. The van der Waals surface area contributed by atoms with Gasteiger partial charge in [-0.1, -0.05) is 12.1 Å². The summed E-state index contributed by atoms with van der Waals surface area (Å²) in [4.78, 5) is 12.3. The van der Waals surface area contributed by atoms with Crippen LogP contribution >= 0.6 is 0 Å². The Balaban J connectivity index is 2.89. The Bertz CT molecular complexity index is 378. The van der Waals surface area contributed by atoms with Crippen molar-refractivity contribution in [2.24, 2.45) is 0 Å². The molecule has 0 saturated carbocycles. The van der Waals surface area contributed by atoms with Crippen molar-refractivity contribution in [1.82, 2.24) is 4.90 Å². The van der Waals surface area contributed by atoms with E-state index in [0.29, 0.717) is 5.56 Å². The first-order valence-corrected chi connectivity index (χ1v) is 5.31. The molecule has 1 aromatic rings. The van der Waals surface area contributed by atoms with E-state index in [2.05, 4.69) is 0 Å². The van der Waals surface area contributed by atoms with Gasteiger partial charge in [-0.15, -0.1) is 0 Å². The normalized spacial score (nSPS) is 12.6. The van der Waals surface area contributed by atoms with Gasteiger partial charge in [0.2, 0.25) is 0 Å². The highest BCUT2D eigenvalue weighted by Gasteiger charge is 2.26. The van der Waals surface area contributed by atoms with Crippen molar-refractivity contribution in [3.8, 4) is 0 Å². The first-order valence-electron chi connectivity index (χ1n) is 5.31. The zero-order valence-electron chi connectivity index (χ0n) is 9.66. The predicted molar refractivity (Wildman–Crippen MR) is 58.2 cm³/mol. The highest BCUT2D eigenvalue weighted by atomic mass is 19.3. The molecule has 94 valence electrons. The topological polar surface area (TPSA) is 20.3 Å². The number of alkyl halides is 2. The van der Waals surface area contributed by atoms with Crippen LogP contribution in [0.5, 0.6) is 0 Å². The molecule has 0 bridgehead atoms. The third-order valence-corrected chi connectivity index (χ3v) is 2.63. The molecule has 0 aliphatic heterocycles. The highest BCUT2D eigenvalue weighted by Crippen LogP contribution is 2.21. The van der Waals surface area contributed by atoms with Gasteiger partial charge in [-0.05, 0) is 31.5 Å². The molecule has 0 spiro atoms. The summed E-state index contributed by atoms with van der Waals surface area (Å²) in [5, 5.41) is 0. The van der Waals surface area contributed by atoms with Gasteiger partial charge in [-0.3, -0.25) is 4.79 Å². The van der Waals surface area contributed by atoms with E-state index in [1.165, 1.54) is 24.3 Å². The molecule has 1 amide bonds. The van der Waals surface area contributed by atoms with E-state index in [0.717, 1.165) is 4.90 Å². The maximum absolute atomic E-state index is 12.7. The van der Waals surface area contributed by atoms with E-state index in [-0.39, 0.29) is 6.54 Å². The molecule has 2 nitrogen and oxygen atoms in total. The number of benzene rings is 1. The fourth-order valence-corrected chi connectivity index (χ4v) is 1.67. The fraction of sp³-hybridized carbons (Fsp3) is 0.417. The van der Waals surface area contributed by atoms with Crippen molar-refractivity contribution in [3.63, 3.8) is 0 Å². The molecule has 1 unspecified atom stereocenters. The molecule has 17 heavy (non-hydrogen) atoms. The fourth-order valence-electron chi connectivity index (χ4n) is 1.67. The standard InChI is InChI=1S/C12H14F3NO/c1-3-16(12(17)11(14)15)8(2)9-4-6-10(13)7-5-9/h4-8,11H,3H2,1-2H3. The van der Waals surface area contributed by atoms with Gasteiger partial charge in [-0.25, -0.2) is 4.39 Å². The number of rotatable bonds is 4. The zero-order valence-corrected chi connectivity index (χ0v) is 9.66. The highest BCUT2D eigenvalue weighted by molar-refractivity contribution is 5.79. The second kappa shape index (κ2) is 5.70. The van der Waals surface area contributed by atoms with Crippen molar-refractivity contribution in [2.75, 3.05) is 6.54 Å². The van der Waals surface area contributed by atoms with Gasteiger partial charge in [0.1, 0.15) is 5.82 Å². The molecule has 0 heterocycles. The second-order valence-electron chi connectivity index (χ2n) is 3.65. The number of halogens is 3. The third kappa shape index (κ3) is 3.22. The summed E-state index contributed by atoms with van der Waals surface area (Å²) in [6.07, 6.45) is -3.02. The van der Waals surface area contributed by atoms with E-state index in [4.69, 9.17) is 0 Å². The number of nitrogens with zero attached hydrogens (tertiary/aromatic N) is 1. The lowest BCUT2D eigenvalue weighted by Crippen LogP contribution is -2.37. The van der Waals surface area contributed by atoms with Crippen LogP contribution in [0, 0.1) is 5.82 Å². The number of amides is 1. The lowest BCUT2D eigenvalue weighted by Gasteiger charge is -2.28. The number of hydrogen-bond acceptors (Lipinski definition) is 1. The SMILES string of the molecule is CCN(C(=O)C(F)F)C(C)c1ccc(F)cc1. The largest absolute Gasteiger partial charge is 0.331 e. The summed E-state index contributed by atoms with van der Waals surface area (Å²) >= 11 is 0. The molecule has 1 atom stereocenters. The van der Waals surface area contributed by atoms with Crippen LogP contribution in [-0.4, -0.2) is 23.8 Å². The average Bonchev–Trinajstić information content (AvgIpc) is 2.30. The molecule has 0 aliphatic rings. The first-order chi connectivity index (χ1) is 7.97. The lowest BCUT2D eigenvalue weighted by atomic mass is 10.1. The minimum Gasteiger partial charge on any atom is -0.331 e. The molecule has 0 saturated heterocycles. The number of hydrogen-bond donors (Lipinski definition) is 0. The minimum atomic E-state index is -3.02. The van der Waals surface area contributed by atoms with Crippen LogP contribution in [0.2, 0.25) is 0 Å². The average molecular weight is 245 g/mol. The minimum absolute atomic E-state index is 0.182. The summed E-state index contributed by atoms with van der Waals surface area (Å²) in [5.41, 5.74) is 0.627. The predicted octanol–water partition coefficient (Wildman–Crippen LogP) is 3.00. The summed E-state index contributed by atoms with van der Waals surface area (Å²) in [6.45, 7) is 3.44. The van der Waals surface area contributed by atoms with E-state index < -0.39 is 24.2 Å². The monoisotopic (exact) mass is 245 g/mol. The molecule has 5 heteroatoms. The number of carbonyl (C=O) groups excluding carboxylic acids is 1. The molecular formula is C12H14F3NO. The van der Waals surface area contributed by atoms with Crippen molar-refractivity contribution < 1.29 is 18.0 Å². The molecule has 0 N–H and O–H groups in total. The Labute approximate surface area is 98.0 Å². The van der Waals surface area contributed by atoms with Gasteiger partial charge in [0.05, 0.1) is 6.04 Å². The van der Waals surface area contributed by atoms with Gasteiger partial charge in [0.25, 0.3) is 5.91 Å². The van der Waals surface area contributed by atoms with E-state index in [9.17, 15) is 18.0 Å². The quantitative estimate of drug-likeness (QED) is 0.798. The third-order valence-electron chi connectivity index (χ3n) is 2.63. The Kier molecular flexibility index (Phi) is 4.54. The summed E-state index contributed by atoms with van der Waals surface area (Å²) in [5.74, 6) is -1.60. The van der Waals surface area contributed by atoms with E-state index in [1.54, 1.807) is 13.8 Å². The van der Waals surface area contributed by atoms with Crippen molar-refractivity contribution in [2.45, 2.75) is 26.3 Å². The van der Waals surface area contributed by atoms with Crippen LogP contribution < -0.4 is 0 Å². The van der Waals surface area contributed by atoms with Crippen LogP contribution in [0.4, 0.5) is 13.2 Å². The van der Waals surface area contributed by atoms with Crippen LogP contribution in [0.15, 0.2) is 24.3 Å². The van der Waals surface area contributed by atoms with Crippen LogP contribution in [0.3, 0.4) is 0 Å². The summed E-state index contributed by atoms with van der Waals surface area (Å²) in [6, 6.07) is 4.96. The molecule has 0 radical (unpaired) electrons. The summed E-state index contributed by atoms with van der Waals surface area (Å²) < 4.78 is 37.4. The van der Waals surface area contributed by atoms with E-state index in [1.807, 2.05) is 0 Å². The Hall–Kier alpha value is -1.52. The van der Waals surface area contributed by atoms with Crippen molar-refractivity contribution in [1.29, 1.82) is 0 Å². The Morgan fingerprint density at radius 3 is 2.24 bits per heavy atom. The molecular weight excluding hydrogens is 231 g/mol.